The van der Waals surface area contributed by atoms with Gasteiger partial charge in [-0.05, 0) is 30.2 Å². The molecule has 0 fully saturated rings. The molecule has 0 unspecified atom stereocenters. The number of carbonyl (C=O) groups is 1. The van der Waals surface area contributed by atoms with Gasteiger partial charge in [0, 0.05) is 39.1 Å². The highest BCUT2D eigenvalue weighted by molar-refractivity contribution is 5.92. The number of nitrogens with zero attached hydrogens (tertiary/aromatic N) is 3. The van der Waals surface area contributed by atoms with Crippen LogP contribution in [0.2, 0.25) is 0 Å². The molecule has 0 aliphatic carbocycles. The van der Waals surface area contributed by atoms with Crippen LogP contribution in [0.4, 0.5) is 0 Å². The molecule has 0 saturated carbocycles. The number of esters is 1. The summed E-state index contributed by atoms with van der Waals surface area (Å²) in [6.07, 6.45) is 4.64. The summed E-state index contributed by atoms with van der Waals surface area (Å²) >= 11 is 0. The summed E-state index contributed by atoms with van der Waals surface area (Å²) in [6, 6.07) is 7.31. The molecule has 1 aromatic carbocycles. The van der Waals surface area contributed by atoms with Crippen LogP contribution in [0.1, 0.15) is 22.3 Å². The first-order valence-electron chi connectivity index (χ1n) is 8.35. The Morgan fingerprint density at radius 2 is 2.15 bits per heavy atom. The Hall–Kier alpha value is -3.03. The van der Waals surface area contributed by atoms with E-state index in [1.165, 1.54) is 14.2 Å². The van der Waals surface area contributed by atoms with Crippen molar-refractivity contribution in [2.75, 3.05) is 27.8 Å². The van der Waals surface area contributed by atoms with E-state index >= 15 is 0 Å². The lowest BCUT2D eigenvalue weighted by molar-refractivity contribution is 0.0597. The Morgan fingerprint density at radius 3 is 2.81 bits per heavy atom. The Kier molecular flexibility index (Phi) is 7.48. The van der Waals surface area contributed by atoms with Gasteiger partial charge in [-0.25, -0.2) is 4.79 Å². The minimum Gasteiger partial charge on any atom is -0.496 e. The van der Waals surface area contributed by atoms with E-state index in [1.807, 2.05) is 23.0 Å². The molecule has 0 bridgehead atoms. The van der Waals surface area contributed by atoms with Crippen molar-refractivity contribution >= 4 is 11.9 Å². The number of hydrogen-bond acceptors (Lipinski definition) is 5. The average Bonchev–Trinajstić information content (AvgIpc) is 3.20. The number of hydrogen-bond donors (Lipinski definition) is 2. The van der Waals surface area contributed by atoms with Gasteiger partial charge in [-0.1, -0.05) is 6.07 Å². The molecule has 0 aliphatic heterocycles. The Balaban J connectivity index is 1.84. The van der Waals surface area contributed by atoms with Crippen molar-refractivity contribution in [1.82, 2.24) is 20.4 Å². The second-order valence-corrected chi connectivity index (χ2v) is 5.50. The van der Waals surface area contributed by atoms with Crippen LogP contribution in [-0.4, -0.2) is 49.5 Å². The van der Waals surface area contributed by atoms with Crippen LogP contribution < -0.4 is 15.4 Å². The van der Waals surface area contributed by atoms with Gasteiger partial charge < -0.3 is 20.1 Å². The zero-order chi connectivity index (χ0) is 18.8. The summed E-state index contributed by atoms with van der Waals surface area (Å²) in [7, 11) is 4.59. The van der Waals surface area contributed by atoms with Crippen LogP contribution in [0.25, 0.3) is 0 Å². The first-order chi connectivity index (χ1) is 12.7. The molecule has 0 aliphatic rings. The maximum atomic E-state index is 11.8. The van der Waals surface area contributed by atoms with Gasteiger partial charge in [0.25, 0.3) is 0 Å². The van der Waals surface area contributed by atoms with Crippen molar-refractivity contribution in [3.05, 3.63) is 47.8 Å². The summed E-state index contributed by atoms with van der Waals surface area (Å²) in [6.45, 7) is 2.14. The van der Waals surface area contributed by atoms with Gasteiger partial charge in [0.2, 0.25) is 0 Å². The van der Waals surface area contributed by atoms with Crippen LogP contribution >= 0.6 is 0 Å². The Morgan fingerprint density at radius 1 is 1.31 bits per heavy atom. The minimum atomic E-state index is -0.426. The van der Waals surface area contributed by atoms with Crippen LogP contribution in [0.3, 0.4) is 0 Å². The van der Waals surface area contributed by atoms with Crippen molar-refractivity contribution < 1.29 is 14.3 Å². The van der Waals surface area contributed by atoms with Gasteiger partial charge in [-0.15, -0.1) is 0 Å². The second-order valence-electron chi connectivity index (χ2n) is 5.50. The number of nitrogens with one attached hydrogen (secondary N) is 2. The number of aromatic nitrogens is 2. The number of methoxy groups -OCH3 is 2. The molecular formula is C18H25N5O3. The zero-order valence-electron chi connectivity index (χ0n) is 15.4. The normalized spacial score (nSPS) is 11.1. The van der Waals surface area contributed by atoms with Crippen molar-refractivity contribution in [3.8, 4) is 5.75 Å². The molecule has 1 heterocycles. The van der Waals surface area contributed by atoms with Crippen LogP contribution in [-0.2, 0) is 17.8 Å². The van der Waals surface area contributed by atoms with Gasteiger partial charge in [0.15, 0.2) is 5.96 Å². The number of rotatable bonds is 8. The van der Waals surface area contributed by atoms with E-state index < -0.39 is 5.97 Å². The highest BCUT2D eigenvalue weighted by atomic mass is 16.5. The Bertz CT molecular complexity index is 728. The predicted molar refractivity (Wildman–Crippen MR) is 99.4 cm³/mol. The summed E-state index contributed by atoms with van der Waals surface area (Å²) in [5.41, 5.74) is 1.32. The number of ether oxygens (including phenoxy) is 2. The van der Waals surface area contributed by atoms with E-state index in [0.29, 0.717) is 23.8 Å². The van der Waals surface area contributed by atoms with Crippen molar-refractivity contribution in [3.63, 3.8) is 0 Å². The third-order valence-electron chi connectivity index (χ3n) is 3.77. The molecule has 0 amide bonds. The number of guanidine groups is 1. The standard InChI is InChI=1S/C18H25N5O3/c1-19-18(20-8-4-10-23-11-5-9-22-23)21-13-14-6-7-16(25-2)15(12-14)17(24)26-3/h5-7,9,11-12H,4,8,10,13H2,1-3H3,(H2,19,20,21). The van der Waals surface area contributed by atoms with E-state index in [9.17, 15) is 4.79 Å². The lowest BCUT2D eigenvalue weighted by Crippen LogP contribution is -2.37. The molecule has 26 heavy (non-hydrogen) atoms. The molecular weight excluding hydrogens is 334 g/mol. The summed E-state index contributed by atoms with van der Waals surface area (Å²) in [5, 5.41) is 10.6. The average molecular weight is 359 g/mol. The largest absolute Gasteiger partial charge is 0.496 e. The minimum absolute atomic E-state index is 0.400. The third-order valence-corrected chi connectivity index (χ3v) is 3.77. The van der Waals surface area contributed by atoms with Gasteiger partial charge in [-0.2, -0.15) is 5.10 Å². The van der Waals surface area contributed by atoms with Gasteiger partial charge in [0.1, 0.15) is 11.3 Å². The molecule has 2 aromatic rings. The number of aliphatic imine (C=N–C) groups is 1. The van der Waals surface area contributed by atoms with E-state index in [1.54, 1.807) is 25.4 Å². The highest BCUT2D eigenvalue weighted by Crippen LogP contribution is 2.20. The fourth-order valence-electron chi connectivity index (χ4n) is 2.42. The summed E-state index contributed by atoms with van der Waals surface area (Å²) < 4.78 is 11.9. The van der Waals surface area contributed by atoms with Crippen LogP contribution in [0.15, 0.2) is 41.7 Å². The molecule has 140 valence electrons. The zero-order valence-corrected chi connectivity index (χ0v) is 15.4. The first-order valence-corrected chi connectivity index (χ1v) is 8.35. The van der Waals surface area contributed by atoms with E-state index in [2.05, 4.69) is 20.7 Å². The molecule has 0 radical (unpaired) electrons. The third kappa shape index (κ3) is 5.51. The number of benzene rings is 1. The Labute approximate surface area is 153 Å². The maximum Gasteiger partial charge on any atom is 0.341 e. The quantitative estimate of drug-likeness (QED) is 0.321. The van der Waals surface area contributed by atoms with Crippen molar-refractivity contribution in [2.45, 2.75) is 19.5 Å². The van der Waals surface area contributed by atoms with E-state index in [-0.39, 0.29) is 0 Å². The molecule has 1 aromatic heterocycles. The molecule has 2 N–H and O–H groups in total. The summed E-state index contributed by atoms with van der Waals surface area (Å²) in [4.78, 5) is 16.0. The number of aryl methyl sites for hydroxylation is 1. The van der Waals surface area contributed by atoms with Crippen LogP contribution in [0, 0.1) is 0 Å². The molecule has 0 spiro atoms. The fraction of sp³-hybridized carbons (Fsp3) is 0.389. The maximum absolute atomic E-state index is 11.8. The van der Waals surface area contributed by atoms with E-state index in [4.69, 9.17) is 9.47 Å². The fourth-order valence-corrected chi connectivity index (χ4v) is 2.42. The smallest absolute Gasteiger partial charge is 0.341 e. The van der Waals surface area contributed by atoms with Gasteiger partial charge in [0.05, 0.1) is 14.2 Å². The SMILES string of the molecule is CN=C(NCCCn1cccn1)NCc1ccc(OC)c(C(=O)OC)c1. The lowest BCUT2D eigenvalue weighted by atomic mass is 10.1. The lowest BCUT2D eigenvalue weighted by Gasteiger charge is -2.13. The van der Waals surface area contributed by atoms with Gasteiger partial charge in [-0.3, -0.25) is 9.67 Å². The molecule has 0 atom stereocenters. The van der Waals surface area contributed by atoms with Crippen molar-refractivity contribution in [2.24, 2.45) is 4.99 Å². The molecule has 8 nitrogen and oxygen atoms in total. The topological polar surface area (TPSA) is 89.8 Å². The van der Waals surface area contributed by atoms with Gasteiger partial charge >= 0.3 is 5.97 Å². The summed E-state index contributed by atoms with van der Waals surface area (Å²) in [5.74, 6) is 0.757. The molecule has 2 rings (SSSR count). The first kappa shape index (κ1) is 19.3. The molecule has 8 heteroatoms. The van der Waals surface area contributed by atoms with Crippen LogP contribution in [0.5, 0.6) is 5.75 Å². The highest BCUT2D eigenvalue weighted by Gasteiger charge is 2.13. The predicted octanol–water partition coefficient (Wildman–Crippen LogP) is 1.43. The monoisotopic (exact) mass is 359 g/mol. The molecule has 0 saturated heterocycles. The second kappa shape index (κ2) is 10.1. The van der Waals surface area contributed by atoms with E-state index in [0.717, 1.165) is 25.1 Å². The van der Waals surface area contributed by atoms with Crippen molar-refractivity contribution in [1.29, 1.82) is 0 Å². The number of carbonyl (C=O) groups excluding carboxylic acids is 1.